The van der Waals surface area contributed by atoms with Crippen molar-refractivity contribution in [2.75, 3.05) is 6.54 Å². The number of hydrogen-bond acceptors (Lipinski definition) is 3. The zero-order valence-corrected chi connectivity index (χ0v) is 22.4. The molecule has 0 aromatic heterocycles. The smallest absolute Gasteiger partial charge is 0.335 e. The van der Waals surface area contributed by atoms with Gasteiger partial charge in [0.25, 0.3) is 5.92 Å². The van der Waals surface area contributed by atoms with Crippen LogP contribution in [0.25, 0.3) is 11.1 Å². The molecular formula is C32H31F2N3O4. The molecule has 1 aliphatic heterocycles. The van der Waals surface area contributed by atoms with Gasteiger partial charge in [-0.05, 0) is 64.3 Å². The molecule has 9 heteroatoms. The lowest BCUT2D eigenvalue weighted by Crippen LogP contribution is -2.54. The molecule has 0 radical (unpaired) electrons. The summed E-state index contributed by atoms with van der Waals surface area (Å²) in [6.45, 7) is 0.946. The number of nitrogens with one attached hydrogen (secondary N) is 2. The molecule has 41 heavy (non-hydrogen) atoms. The summed E-state index contributed by atoms with van der Waals surface area (Å²) in [5.41, 5.74) is 5.73. The maximum Gasteiger partial charge on any atom is 0.335 e. The largest absolute Gasteiger partial charge is 0.478 e. The Bertz CT molecular complexity index is 1500. The van der Waals surface area contributed by atoms with Crippen molar-refractivity contribution in [1.29, 1.82) is 0 Å². The van der Waals surface area contributed by atoms with Crippen LogP contribution in [0.5, 0.6) is 0 Å². The number of carboxylic acid groups (broad SMARTS) is 1. The molecule has 3 aromatic carbocycles. The van der Waals surface area contributed by atoms with Crippen molar-refractivity contribution < 1.29 is 28.3 Å². The van der Waals surface area contributed by atoms with Crippen molar-refractivity contribution >= 4 is 17.9 Å². The van der Waals surface area contributed by atoms with E-state index in [1.807, 2.05) is 48.5 Å². The van der Waals surface area contributed by atoms with Gasteiger partial charge >= 0.3 is 12.0 Å². The fourth-order valence-corrected chi connectivity index (χ4v) is 6.07. The van der Waals surface area contributed by atoms with Crippen molar-refractivity contribution in [3.63, 3.8) is 0 Å². The predicted molar refractivity (Wildman–Crippen MR) is 149 cm³/mol. The number of carboxylic acids is 1. The molecule has 2 saturated carbocycles. The topological polar surface area (TPSA) is 98.7 Å². The molecule has 0 saturated heterocycles. The summed E-state index contributed by atoms with van der Waals surface area (Å²) in [4.78, 5) is 39.2. The van der Waals surface area contributed by atoms with Gasteiger partial charge in [-0.25, -0.2) is 18.4 Å². The number of fused-ring (bicyclic) bond motifs is 1. The van der Waals surface area contributed by atoms with E-state index in [4.69, 9.17) is 0 Å². The summed E-state index contributed by atoms with van der Waals surface area (Å²) in [7, 11) is 0. The zero-order chi connectivity index (χ0) is 28.7. The minimum atomic E-state index is -2.72. The molecule has 3 N–H and O–H groups in total. The van der Waals surface area contributed by atoms with Gasteiger partial charge in [0, 0.05) is 44.4 Å². The molecule has 212 valence electrons. The van der Waals surface area contributed by atoms with Crippen molar-refractivity contribution in [2.45, 2.75) is 56.7 Å². The van der Waals surface area contributed by atoms with Crippen LogP contribution in [0.3, 0.4) is 0 Å². The van der Waals surface area contributed by atoms with E-state index in [0.29, 0.717) is 19.5 Å². The molecular weight excluding hydrogens is 528 g/mol. The van der Waals surface area contributed by atoms with Gasteiger partial charge in [0.15, 0.2) is 0 Å². The summed E-state index contributed by atoms with van der Waals surface area (Å²) in [6, 6.07) is 19.6. The molecule has 2 aliphatic carbocycles. The molecule has 3 aliphatic rings. The van der Waals surface area contributed by atoms with Crippen LogP contribution in [0.15, 0.2) is 66.7 Å². The van der Waals surface area contributed by atoms with Crippen molar-refractivity contribution in [1.82, 2.24) is 15.5 Å². The molecule has 3 amide bonds. The normalized spacial score (nSPS) is 20.9. The Kier molecular flexibility index (Phi) is 6.97. The Morgan fingerprint density at radius 1 is 0.976 bits per heavy atom. The van der Waals surface area contributed by atoms with Crippen LogP contribution in [-0.4, -0.2) is 46.4 Å². The molecule has 7 nitrogen and oxygen atoms in total. The number of carbonyl (C=O) groups is 3. The number of aromatic carboxylic acids is 1. The van der Waals surface area contributed by atoms with Crippen molar-refractivity contribution in [2.24, 2.45) is 5.92 Å². The molecule has 2 fully saturated rings. The van der Waals surface area contributed by atoms with E-state index < -0.39 is 17.9 Å². The fraction of sp³-hybridized carbons (Fsp3) is 0.344. The maximum absolute atomic E-state index is 13.3. The number of hydrogen-bond donors (Lipinski definition) is 3. The van der Waals surface area contributed by atoms with E-state index in [9.17, 15) is 28.3 Å². The van der Waals surface area contributed by atoms with Gasteiger partial charge in [-0.2, -0.15) is 0 Å². The molecule has 0 spiro atoms. The zero-order valence-electron chi connectivity index (χ0n) is 22.4. The third-order valence-electron chi connectivity index (χ3n) is 8.44. The number of halogens is 2. The second-order valence-electron chi connectivity index (χ2n) is 11.3. The standard InChI is InChI=1S/C32H31F2N3O4/c33-32(34)15-23(16-32)36-31(41)37-12-11-25-24(20-7-4-8-21(13-20)30(39)40)10-9-22(28(25)18-37)17-35-29(38)27-14-26(27)19-5-2-1-3-6-19/h1-10,13,23,26-27H,11-12,14-18H2,(H,35,38)(H,36,41)(H,39,40)/t26-,27+/m1/s1. The molecule has 3 aromatic rings. The molecule has 1 heterocycles. The van der Waals surface area contributed by atoms with Crippen LogP contribution in [0.1, 0.15) is 57.8 Å². The number of carbonyl (C=O) groups excluding carboxylic acids is 2. The lowest BCUT2D eigenvalue weighted by Gasteiger charge is -2.38. The van der Waals surface area contributed by atoms with Crippen LogP contribution in [-0.2, 0) is 24.3 Å². The van der Waals surface area contributed by atoms with Crippen LogP contribution in [0, 0.1) is 5.92 Å². The first-order valence-electron chi connectivity index (χ1n) is 13.9. The third-order valence-corrected chi connectivity index (χ3v) is 8.44. The van der Waals surface area contributed by atoms with E-state index in [-0.39, 0.29) is 48.7 Å². The summed E-state index contributed by atoms with van der Waals surface area (Å²) in [6.07, 6.45) is 0.614. The Morgan fingerprint density at radius 2 is 1.76 bits per heavy atom. The van der Waals surface area contributed by atoms with Gasteiger partial charge in [-0.3, -0.25) is 4.79 Å². The monoisotopic (exact) mass is 559 g/mol. The number of benzene rings is 3. The minimum absolute atomic E-state index is 0.0119. The van der Waals surface area contributed by atoms with Crippen LogP contribution in [0.2, 0.25) is 0 Å². The maximum atomic E-state index is 13.3. The van der Waals surface area contributed by atoms with Gasteiger partial charge in [0.2, 0.25) is 5.91 Å². The lowest BCUT2D eigenvalue weighted by atomic mass is 9.87. The molecule has 6 rings (SSSR count). The van der Waals surface area contributed by atoms with Crippen LogP contribution >= 0.6 is 0 Å². The van der Waals surface area contributed by atoms with E-state index in [1.54, 1.807) is 23.1 Å². The molecule has 0 bridgehead atoms. The fourth-order valence-electron chi connectivity index (χ4n) is 6.07. The van der Waals surface area contributed by atoms with Crippen LogP contribution < -0.4 is 10.6 Å². The van der Waals surface area contributed by atoms with E-state index in [1.165, 1.54) is 0 Å². The highest BCUT2D eigenvalue weighted by Gasteiger charge is 2.46. The SMILES string of the molecule is O=C(O)c1cccc(-c2ccc(CNC(=O)[C@H]3C[C@@H]3c3ccccc3)c3c2CCN(C(=O)NC2CC(F)(F)C2)C3)c1. The number of alkyl halides is 2. The second-order valence-corrected chi connectivity index (χ2v) is 11.3. The highest BCUT2D eigenvalue weighted by Crippen LogP contribution is 2.47. The third kappa shape index (κ3) is 5.66. The summed E-state index contributed by atoms with van der Waals surface area (Å²) < 4.78 is 26.6. The minimum Gasteiger partial charge on any atom is -0.478 e. The van der Waals surface area contributed by atoms with Crippen molar-refractivity contribution in [3.05, 3.63) is 94.5 Å². The predicted octanol–water partition coefficient (Wildman–Crippen LogP) is 5.34. The summed E-state index contributed by atoms with van der Waals surface area (Å²) >= 11 is 0. The number of urea groups is 1. The first-order valence-corrected chi connectivity index (χ1v) is 13.9. The Hall–Kier alpha value is -4.27. The van der Waals surface area contributed by atoms with Gasteiger partial charge in [0.05, 0.1) is 5.56 Å². The average Bonchev–Trinajstić information content (AvgIpc) is 3.76. The number of rotatable bonds is 7. The Labute approximate surface area is 236 Å². The number of nitrogens with zero attached hydrogens (tertiary/aromatic N) is 1. The lowest BCUT2D eigenvalue weighted by molar-refractivity contribution is -0.122. The van der Waals surface area contributed by atoms with E-state index in [0.717, 1.165) is 39.8 Å². The highest BCUT2D eigenvalue weighted by atomic mass is 19.3. The van der Waals surface area contributed by atoms with E-state index >= 15 is 0 Å². The van der Waals surface area contributed by atoms with Gasteiger partial charge < -0.3 is 20.6 Å². The quantitative estimate of drug-likeness (QED) is 0.364. The van der Waals surface area contributed by atoms with Crippen LogP contribution in [0.4, 0.5) is 13.6 Å². The first-order chi connectivity index (χ1) is 19.7. The summed E-state index contributed by atoms with van der Waals surface area (Å²) in [5.74, 6) is -3.61. The van der Waals surface area contributed by atoms with Gasteiger partial charge in [0.1, 0.15) is 0 Å². The average molecular weight is 560 g/mol. The Morgan fingerprint density at radius 3 is 2.49 bits per heavy atom. The first kappa shape index (κ1) is 26.9. The Balaban J connectivity index is 1.22. The number of amides is 3. The van der Waals surface area contributed by atoms with E-state index in [2.05, 4.69) is 10.6 Å². The van der Waals surface area contributed by atoms with Crippen molar-refractivity contribution in [3.8, 4) is 11.1 Å². The molecule has 2 atom stereocenters. The highest BCUT2D eigenvalue weighted by molar-refractivity contribution is 5.90. The molecule has 0 unspecified atom stereocenters. The summed E-state index contributed by atoms with van der Waals surface area (Å²) in [5, 5.41) is 15.3. The second kappa shape index (κ2) is 10.6. The van der Waals surface area contributed by atoms with Gasteiger partial charge in [-0.15, -0.1) is 0 Å². The van der Waals surface area contributed by atoms with Gasteiger partial charge in [-0.1, -0.05) is 54.6 Å².